The third-order valence-electron chi connectivity index (χ3n) is 3.77. The summed E-state index contributed by atoms with van der Waals surface area (Å²) in [5.41, 5.74) is 5.27. The average molecular weight is 299 g/mol. The first-order chi connectivity index (χ1) is 10.0. The van der Waals surface area contributed by atoms with Crippen LogP contribution in [0.4, 0.5) is 8.78 Å². The maximum absolute atomic E-state index is 13.8. The van der Waals surface area contributed by atoms with E-state index in [9.17, 15) is 8.78 Å². The second kappa shape index (κ2) is 6.71. The molecule has 1 fully saturated rings. The quantitative estimate of drug-likeness (QED) is 0.377. The van der Waals surface area contributed by atoms with E-state index in [2.05, 4.69) is 10.1 Å². The van der Waals surface area contributed by atoms with E-state index >= 15 is 0 Å². The molecule has 0 amide bonds. The Morgan fingerprint density at radius 3 is 2.67 bits per heavy atom. The van der Waals surface area contributed by atoms with E-state index in [4.69, 9.17) is 15.7 Å². The molecule has 0 aliphatic carbocycles. The highest BCUT2D eigenvalue weighted by Gasteiger charge is 2.21. The lowest BCUT2D eigenvalue weighted by molar-refractivity contribution is 0.221. The van der Waals surface area contributed by atoms with Crippen LogP contribution in [0.15, 0.2) is 17.3 Å². The molecular weight excluding hydrogens is 280 g/mol. The molecule has 1 aromatic rings. The Kier molecular flexibility index (Phi) is 4.95. The van der Waals surface area contributed by atoms with Crippen molar-refractivity contribution in [1.82, 2.24) is 4.90 Å². The number of nitrogens with zero attached hydrogens (tertiary/aromatic N) is 2. The molecule has 0 aromatic heterocycles. The van der Waals surface area contributed by atoms with Crippen LogP contribution in [-0.2, 0) is 0 Å². The van der Waals surface area contributed by atoms with Gasteiger partial charge in [-0.05, 0) is 45.0 Å². The number of likely N-dealkylation sites (tertiary alicyclic amines) is 1. The van der Waals surface area contributed by atoms with Crippen molar-refractivity contribution in [3.63, 3.8) is 0 Å². The first-order valence-corrected chi connectivity index (χ1v) is 6.83. The van der Waals surface area contributed by atoms with Crippen LogP contribution in [-0.4, -0.2) is 42.2 Å². The van der Waals surface area contributed by atoms with Crippen LogP contribution >= 0.6 is 0 Å². The molecule has 0 spiro atoms. The summed E-state index contributed by atoms with van der Waals surface area (Å²) in [7, 11) is 2.03. The van der Waals surface area contributed by atoms with Crippen LogP contribution in [0.2, 0.25) is 0 Å². The van der Waals surface area contributed by atoms with Crippen LogP contribution in [0.5, 0.6) is 5.75 Å². The summed E-state index contributed by atoms with van der Waals surface area (Å²) in [4.78, 5) is 2.22. The SMILES string of the molecule is CN1CCCC1CCOc1c(F)cc(C(N)=NO)cc1F. The van der Waals surface area contributed by atoms with E-state index in [1.54, 1.807) is 0 Å². The molecule has 0 saturated carbocycles. The van der Waals surface area contributed by atoms with Crippen molar-refractivity contribution in [1.29, 1.82) is 0 Å². The maximum Gasteiger partial charge on any atom is 0.190 e. The van der Waals surface area contributed by atoms with Gasteiger partial charge in [-0.1, -0.05) is 5.16 Å². The first kappa shape index (κ1) is 15.5. The minimum absolute atomic E-state index is 0.0321. The molecule has 7 heteroatoms. The van der Waals surface area contributed by atoms with E-state index < -0.39 is 17.4 Å². The predicted octanol–water partition coefficient (Wildman–Crippen LogP) is 1.92. The Morgan fingerprint density at radius 2 is 2.14 bits per heavy atom. The lowest BCUT2D eigenvalue weighted by atomic mass is 10.1. The standard InChI is InChI=1S/C14H19F2N3O2/c1-19-5-2-3-10(19)4-6-21-13-11(15)7-9(8-12(13)16)14(17)18-20/h7-8,10,20H,2-6H2,1H3,(H2,17,18). The van der Waals surface area contributed by atoms with Crippen molar-refractivity contribution in [2.24, 2.45) is 10.9 Å². The molecule has 1 aromatic carbocycles. The Hall–Kier alpha value is -1.89. The van der Waals surface area contributed by atoms with E-state index in [1.165, 1.54) is 0 Å². The van der Waals surface area contributed by atoms with Gasteiger partial charge >= 0.3 is 0 Å². The van der Waals surface area contributed by atoms with Crippen molar-refractivity contribution in [3.8, 4) is 5.75 Å². The van der Waals surface area contributed by atoms with Gasteiger partial charge in [-0.15, -0.1) is 0 Å². The smallest absolute Gasteiger partial charge is 0.190 e. The summed E-state index contributed by atoms with van der Waals surface area (Å²) in [6.45, 7) is 1.29. The van der Waals surface area contributed by atoms with Crippen molar-refractivity contribution >= 4 is 5.84 Å². The molecule has 1 aliphatic rings. The number of amidine groups is 1. The molecule has 0 radical (unpaired) electrons. The fourth-order valence-electron chi connectivity index (χ4n) is 2.54. The number of oxime groups is 1. The molecular formula is C14H19F2N3O2. The highest BCUT2D eigenvalue weighted by molar-refractivity contribution is 5.97. The number of benzene rings is 1. The van der Waals surface area contributed by atoms with Gasteiger partial charge in [0.15, 0.2) is 23.2 Å². The molecule has 21 heavy (non-hydrogen) atoms. The zero-order valence-corrected chi connectivity index (χ0v) is 11.9. The summed E-state index contributed by atoms with van der Waals surface area (Å²) in [5, 5.41) is 11.2. The minimum Gasteiger partial charge on any atom is -0.488 e. The highest BCUT2D eigenvalue weighted by atomic mass is 19.1. The molecule has 3 N–H and O–H groups in total. The van der Waals surface area contributed by atoms with Crippen LogP contribution in [0, 0.1) is 11.6 Å². The van der Waals surface area contributed by atoms with Crippen LogP contribution in [0.25, 0.3) is 0 Å². The summed E-state index contributed by atoms with van der Waals surface area (Å²) in [5.74, 6) is -2.51. The molecule has 116 valence electrons. The van der Waals surface area contributed by atoms with Crippen molar-refractivity contribution in [3.05, 3.63) is 29.3 Å². The van der Waals surface area contributed by atoms with Gasteiger partial charge in [-0.3, -0.25) is 0 Å². The topological polar surface area (TPSA) is 71.1 Å². The first-order valence-electron chi connectivity index (χ1n) is 6.83. The summed E-state index contributed by atoms with van der Waals surface area (Å²) in [6.07, 6.45) is 2.93. The van der Waals surface area contributed by atoms with E-state index in [1.807, 2.05) is 7.05 Å². The number of halogens is 2. The van der Waals surface area contributed by atoms with Gasteiger partial charge in [0.1, 0.15) is 0 Å². The lowest BCUT2D eigenvalue weighted by Crippen LogP contribution is -2.26. The zero-order valence-electron chi connectivity index (χ0n) is 11.9. The van der Waals surface area contributed by atoms with Gasteiger partial charge in [-0.25, -0.2) is 8.78 Å². The third-order valence-corrected chi connectivity index (χ3v) is 3.77. The van der Waals surface area contributed by atoms with Crippen LogP contribution in [0.3, 0.4) is 0 Å². The fraction of sp³-hybridized carbons (Fsp3) is 0.500. The number of rotatable bonds is 5. The monoisotopic (exact) mass is 299 g/mol. The summed E-state index contributed by atoms with van der Waals surface area (Å²) >= 11 is 0. The van der Waals surface area contributed by atoms with Gasteiger partial charge in [0, 0.05) is 11.6 Å². The normalized spacial score (nSPS) is 20.0. The van der Waals surface area contributed by atoms with E-state index in [-0.39, 0.29) is 18.0 Å². The predicted molar refractivity (Wildman–Crippen MR) is 74.6 cm³/mol. The van der Waals surface area contributed by atoms with Gasteiger partial charge in [0.25, 0.3) is 0 Å². The summed E-state index contributed by atoms with van der Waals surface area (Å²) < 4.78 is 32.9. The van der Waals surface area contributed by atoms with Crippen LogP contribution < -0.4 is 10.5 Å². The van der Waals surface area contributed by atoms with Crippen molar-refractivity contribution < 1.29 is 18.7 Å². The fourth-order valence-corrected chi connectivity index (χ4v) is 2.54. The average Bonchev–Trinajstić information content (AvgIpc) is 2.86. The molecule has 1 atom stereocenters. The highest BCUT2D eigenvalue weighted by Crippen LogP contribution is 2.24. The minimum atomic E-state index is -0.864. The summed E-state index contributed by atoms with van der Waals surface area (Å²) in [6, 6.07) is 2.36. The van der Waals surface area contributed by atoms with Crippen LogP contribution in [0.1, 0.15) is 24.8 Å². The number of ether oxygens (including phenoxy) is 1. The van der Waals surface area contributed by atoms with E-state index in [0.717, 1.165) is 37.9 Å². The number of hydrogen-bond donors (Lipinski definition) is 2. The molecule has 2 rings (SSSR count). The lowest BCUT2D eigenvalue weighted by Gasteiger charge is -2.19. The molecule has 1 saturated heterocycles. The Morgan fingerprint density at radius 1 is 1.48 bits per heavy atom. The third kappa shape index (κ3) is 3.60. The molecule has 0 bridgehead atoms. The van der Waals surface area contributed by atoms with Gasteiger partial charge in [0.05, 0.1) is 6.61 Å². The molecule has 1 unspecified atom stereocenters. The Bertz CT molecular complexity index is 514. The second-order valence-electron chi connectivity index (χ2n) is 5.17. The van der Waals surface area contributed by atoms with Crippen molar-refractivity contribution in [2.45, 2.75) is 25.3 Å². The Labute approximate surface area is 122 Å². The van der Waals surface area contributed by atoms with Gasteiger partial charge < -0.3 is 20.6 Å². The molecule has 5 nitrogen and oxygen atoms in total. The molecule has 1 aliphatic heterocycles. The number of nitrogens with two attached hydrogens (primary N) is 1. The molecule has 1 heterocycles. The number of hydrogen-bond acceptors (Lipinski definition) is 4. The van der Waals surface area contributed by atoms with Gasteiger partial charge in [0.2, 0.25) is 0 Å². The second-order valence-corrected chi connectivity index (χ2v) is 5.17. The zero-order chi connectivity index (χ0) is 15.4. The van der Waals surface area contributed by atoms with Crippen molar-refractivity contribution in [2.75, 3.05) is 20.2 Å². The van der Waals surface area contributed by atoms with E-state index in [0.29, 0.717) is 6.04 Å². The largest absolute Gasteiger partial charge is 0.488 e. The van der Waals surface area contributed by atoms with Gasteiger partial charge in [-0.2, -0.15) is 0 Å². The Balaban J connectivity index is 2.00. The maximum atomic E-state index is 13.8.